The average molecular weight is 716 g/mol. The Hall–Kier alpha value is -2.34. The highest BCUT2D eigenvalue weighted by Gasteiger charge is 2.33. The van der Waals surface area contributed by atoms with Gasteiger partial charge in [0.15, 0.2) is 0 Å². The number of nitrogens with one attached hydrogen (secondary N) is 1. The lowest BCUT2D eigenvalue weighted by atomic mass is 10.1. The van der Waals surface area contributed by atoms with Crippen LogP contribution in [0.25, 0.3) is 0 Å². The van der Waals surface area contributed by atoms with Gasteiger partial charge in [0.25, 0.3) is 10.0 Å². The minimum atomic E-state index is -4.11. The molecule has 0 radical (unpaired) electrons. The number of hydrogen-bond donors (Lipinski definition) is 1. The second-order valence-corrected chi connectivity index (χ2v) is 13.6. The van der Waals surface area contributed by atoms with Crippen LogP contribution in [0.5, 0.6) is 0 Å². The molecule has 7 nitrogen and oxygen atoms in total. The van der Waals surface area contributed by atoms with Crippen molar-refractivity contribution in [3.05, 3.63) is 92.0 Å². The van der Waals surface area contributed by atoms with Gasteiger partial charge in [-0.15, -0.1) is 0 Å². The lowest BCUT2D eigenvalue weighted by Gasteiger charge is -2.33. The summed E-state index contributed by atoms with van der Waals surface area (Å²) in [5.41, 5.74) is 0.994. The van der Waals surface area contributed by atoms with Crippen LogP contribution >= 0.6 is 45.8 Å². The zero-order chi connectivity index (χ0) is 29.4. The first kappa shape index (κ1) is 32.2. The molecule has 1 N–H and O–H groups in total. The van der Waals surface area contributed by atoms with Crippen LogP contribution in [0.3, 0.4) is 0 Å². The zero-order valence-corrected chi connectivity index (χ0v) is 27.0. The molecule has 40 heavy (non-hydrogen) atoms. The quantitative estimate of drug-likeness (QED) is 0.221. The zero-order valence-electron chi connectivity index (χ0n) is 22.5. The van der Waals surface area contributed by atoms with E-state index in [0.717, 1.165) is 7.88 Å². The number of carbonyl (C=O) groups excluding carboxylic acids is 2. The van der Waals surface area contributed by atoms with Crippen molar-refractivity contribution < 1.29 is 18.0 Å². The monoisotopic (exact) mass is 715 g/mol. The Bertz CT molecular complexity index is 1420. The van der Waals surface area contributed by atoms with E-state index in [9.17, 15) is 18.0 Å². The summed E-state index contributed by atoms with van der Waals surface area (Å²) in [5.74, 6) is -0.625. The van der Waals surface area contributed by atoms with Gasteiger partial charge >= 0.3 is 0 Å². The highest BCUT2D eigenvalue weighted by Crippen LogP contribution is 2.27. The molecule has 0 fully saturated rings. The van der Waals surface area contributed by atoms with Gasteiger partial charge in [0.1, 0.15) is 12.6 Å². The van der Waals surface area contributed by atoms with Crippen molar-refractivity contribution in [2.45, 2.75) is 44.7 Å². The maximum absolute atomic E-state index is 14.1. The first-order valence-electron chi connectivity index (χ1n) is 12.8. The van der Waals surface area contributed by atoms with Crippen molar-refractivity contribution in [1.29, 1.82) is 0 Å². The maximum atomic E-state index is 14.1. The van der Waals surface area contributed by atoms with Gasteiger partial charge in [0.2, 0.25) is 11.8 Å². The molecule has 0 unspecified atom stereocenters. The number of halogens is 3. The van der Waals surface area contributed by atoms with Crippen molar-refractivity contribution in [3.8, 4) is 0 Å². The first-order valence-corrected chi connectivity index (χ1v) is 16.1. The SMILES string of the molecule is CC[C@@H](C(=O)NCC(C)C)N(Cc1ccc(Cl)c(Cl)c1)C(=O)CN(c1ccc(I)cc1)S(=O)(=O)c1ccccc1. The largest absolute Gasteiger partial charge is 0.354 e. The van der Waals surface area contributed by atoms with Gasteiger partial charge < -0.3 is 10.2 Å². The van der Waals surface area contributed by atoms with E-state index in [1.165, 1.54) is 17.0 Å². The molecule has 214 valence electrons. The van der Waals surface area contributed by atoms with Crippen molar-refractivity contribution in [3.63, 3.8) is 0 Å². The number of benzene rings is 3. The van der Waals surface area contributed by atoms with Gasteiger partial charge in [0.05, 0.1) is 20.6 Å². The van der Waals surface area contributed by atoms with Crippen LogP contribution in [0.4, 0.5) is 5.69 Å². The van der Waals surface area contributed by atoms with Gasteiger partial charge in [-0.05, 0) is 89.0 Å². The summed E-state index contributed by atoms with van der Waals surface area (Å²) in [7, 11) is -4.11. The molecule has 11 heteroatoms. The molecule has 3 rings (SSSR count). The molecule has 0 spiro atoms. The van der Waals surface area contributed by atoms with E-state index in [1.807, 2.05) is 20.8 Å². The van der Waals surface area contributed by atoms with Gasteiger partial charge in [-0.25, -0.2) is 8.42 Å². The molecule has 0 bridgehead atoms. The summed E-state index contributed by atoms with van der Waals surface area (Å²) in [6, 6.07) is 19.0. The second-order valence-electron chi connectivity index (χ2n) is 9.63. The Morgan fingerprint density at radius 1 is 0.950 bits per heavy atom. The van der Waals surface area contributed by atoms with E-state index in [0.29, 0.717) is 34.3 Å². The van der Waals surface area contributed by atoms with Crippen LogP contribution in [0.15, 0.2) is 77.7 Å². The number of nitrogens with zero attached hydrogens (tertiary/aromatic N) is 2. The third-order valence-corrected chi connectivity index (χ3v) is 9.38. The lowest BCUT2D eigenvalue weighted by molar-refractivity contribution is -0.140. The molecule has 3 aromatic rings. The molecule has 0 aliphatic heterocycles. The van der Waals surface area contributed by atoms with Gasteiger partial charge in [-0.3, -0.25) is 13.9 Å². The van der Waals surface area contributed by atoms with Gasteiger partial charge in [-0.1, -0.05) is 68.2 Å². The summed E-state index contributed by atoms with van der Waals surface area (Å²) < 4.78 is 29.6. The smallest absolute Gasteiger partial charge is 0.264 e. The Morgan fingerprint density at radius 3 is 2.17 bits per heavy atom. The van der Waals surface area contributed by atoms with Crippen LogP contribution in [-0.4, -0.2) is 44.3 Å². The Balaban J connectivity index is 2.04. The molecule has 0 aromatic heterocycles. The van der Waals surface area contributed by atoms with E-state index in [4.69, 9.17) is 23.2 Å². The predicted octanol–water partition coefficient (Wildman–Crippen LogP) is 6.37. The van der Waals surface area contributed by atoms with Crippen LogP contribution in [-0.2, 0) is 26.2 Å². The first-order chi connectivity index (χ1) is 18.9. The van der Waals surface area contributed by atoms with Crippen LogP contribution in [0.1, 0.15) is 32.8 Å². The normalized spacial score (nSPS) is 12.2. The number of rotatable bonds is 12. The van der Waals surface area contributed by atoms with E-state index in [-0.39, 0.29) is 23.3 Å². The number of carbonyl (C=O) groups is 2. The van der Waals surface area contributed by atoms with Crippen LogP contribution < -0.4 is 9.62 Å². The number of amides is 2. The summed E-state index contributed by atoms with van der Waals surface area (Å²) in [6.07, 6.45) is 0.325. The number of sulfonamides is 1. The fraction of sp³-hybridized carbons (Fsp3) is 0.310. The Kier molecular flexibility index (Phi) is 11.7. The third-order valence-electron chi connectivity index (χ3n) is 6.13. The Morgan fingerprint density at radius 2 is 1.60 bits per heavy atom. The van der Waals surface area contributed by atoms with E-state index in [1.54, 1.807) is 60.7 Å². The molecule has 0 aliphatic carbocycles. The Labute approximate surface area is 260 Å². The topological polar surface area (TPSA) is 86.8 Å². The minimum absolute atomic E-state index is 0.0369. The summed E-state index contributed by atoms with van der Waals surface area (Å²) in [6.45, 7) is 5.75. The molecule has 2 amide bonds. The van der Waals surface area contributed by atoms with E-state index < -0.39 is 28.5 Å². The van der Waals surface area contributed by atoms with Crippen molar-refractivity contribution >= 4 is 73.3 Å². The van der Waals surface area contributed by atoms with Crippen LogP contribution in [0, 0.1) is 9.49 Å². The van der Waals surface area contributed by atoms with E-state index >= 15 is 0 Å². The molecule has 0 saturated heterocycles. The second kappa shape index (κ2) is 14.5. The van der Waals surface area contributed by atoms with E-state index in [2.05, 4.69) is 27.9 Å². The molecular weight excluding hydrogens is 684 g/mol. The number of anilines is 1. The third kappa shape index (κ3) is 8.34. The molecule has 3 aromatic carbocycles. The summed E-state index contributed by atoms with van der Waals surface area (Å²) >= 11 is 14.5. The molecule has 1 atom stereocenters. The number of hydrogen-bond acceptors (Lipinski definition) is 4. The molecule has 0 heterocycles. The highest BCUT2D eigenvalue weighted by atomic mass is 127. The van der Waals surface area contributed by atoms with Crippen molar-refractivity contribution in [2.24, 2.45) is 5.92 Å². The fourth-order valence-electron chi connectivity index (χ4n) is 4.03. The molecular formula is C29H32Cl2IN3O4S. The average Bonchev–Trinajstić information content (AvgIpc) is 2.93. The summed E-state index contributed by atoms with van der Waals surface area (Å²) in [5, 5.41) is 3.59. The fourth-order valence-corrected chi connectivity index (χ4v) is 6.15. The van der Waals surface area contributed by atoms with Gasteiger partial charge in [0, 0.05) is 16.7 Å². The highest BCUT2D eigenvalue weighted by molar-refractivity contribution is 14.1. The van der Waals surface area contributed by atoms with Crippen LogP contribution in [0.2, 0.25) is 10.0 Å². The molecule has 0 aliphatic rings. The maximum Gasteiger partial charge on any atom is 0.264 e. The summed E-state index contributed by atoms with van der Waals surface area (Å²) in [4.78, 5) is 28.8. The van der Waals surface area contributed by atoms with Crippen molar-refractivity contribution in [1.82, 2.24) is 10.2 Å². The lowest BCUT2D eigenvalue weighted by Crippen LogP contribution is -2.52. The molecule has 0 saturated carbocycles. The van der Waals surface area contributed by atoms with Crippen molar-refractivity contribution in [2.75, 3.05) is 17.4 Å². The predicted molar refractivity (Wildman–Crippen MR) is 169 cm³/mol. The van der Waals surface area contributed by atoms with Gasteiger partial charge in [-0.2, -0.15) is 0 Å². The standard InChI is InChI=1S/C29H32Cl2IN3O4S/c1-4-27(29(37)33-17-20(2)3)34(18-21-10-15-25(30)26(31)16-21)28(36)19-35(23-13-11-22(32)12-14-23)40(38,39)24-8-6-5-7-9-24/h5-16,20,27H,4,17-19H2,1-3H3,(H,33,37)/t27-/m0/s1. The minimum Gasteiger partial charge on any atom is -0.354 e.